The lowest BCUT2D eigenvalue weighted by atomic mass is 10.1. The second kappa shape index (κ2) is 9.25. The van der Waals surface area contributed by atoms with E-state index >= 15 is 0 Å². The monoisotopic (exact) mass is 354 g/mol. The summed E-state index contributed by atoms with van der Waals surface area (Å²) >= 11 is 0. The molecule has 138 valence electrons. The summed E-state index contributed by atoms with van der Waals surface area (Å²) < 4.78 is 10.8. The quantitative estimate of drug-likeness (QED) is 0.771. The van der Waals surface area contributed by atoms with Gasteiger partial charge >= 0.3 is 0 Å². The Kier molecular flexibility index (Phi) is 6.50. The highest BCUT2D eigenvalue weighted by atomic mass is 16.5. The second-order valence-electron chi connectivity index (χ2n) is 6.48. The van der Waals surface area contributed by atoms with Crippen LogP contribution in [0.1, 0.15) is 36.6 Å². The van der Waals surface area contributed by atoms with E-state index in [-0.39, 0.29) is 11.9 Å². The van der Waals surface area contributed by atoms with E-state index in [1.165, 1.54) is 19.3 Å². The van der Waals surface area contributed by atoms with Crippen molar-refractivity contribution in [1.29, 1.82) is 0 Å². The van der Waals surface area contributed by atoms with E-state index in [0.717, 1.165) is 30.2 Å². The first-order chi connectivity index (χ1) is 12.8. The zero-order valence-electron chi connectivity index (χ0n) is 15.2. The average Bonchev–Trinajstić information content (AvgIpc) is 3.22. The first-order valence-electron chi connectivity index (χ1n) is 9.13. The van der Waals surface area contributed by atoms with E-state index in [9.17, 15) is 4.79 Å². The molecule has 1 atom stereocenters. The highest BCUT2D eigenvalue weighted by molar-refractivity contribution is 5.91. The fraction of sp³-hybridized carbons (Fsp3) is 0.381. The zero-order chi connectivity index (χ0) is 18.2. The van der Waals surface area contributed by atoms with Crippen LogP contribution in [0.15, 0.2) is 53.2 Å². The Hall–Kier alpha value is -2.53. The first-order valence-corrected chi connectivity index (χ1v) is 9.13. The van der Waals surface area contributed by atoms with Crippen LogP contribution in [0.3, 0.4) is 0 Å². The smallest absolute Gasteiger partial charge is 0.244 e. The summed E-state index contributed by atoms with van der Waals surface area (Å²) in [7, 11) is 1.63. The van der Waals surface area contributed by atoms with Gasteiger partial charge in [0.05, 0.1) is 19.4 Å². The van der Waals surface area contributed by atoms with Crippen molar-refractivity contribution >= 4 is 12.0 Å². The minimum Gasteiger partial charge on any atom is -0.497 e. The van der Waals surface area contributed by atoms with E-state index in [4.69, 9.17) is 9.15 Å². The number of carbonyl (C=O) groups excluding carboxylic acids is 1. The van der Waals surface area contributed by atoms with Gasteiger partial charge in [0.2, 0.25) is 5.91 Å². The predicted molar refractivity (Wildman–Crippen MR) is 102 cm³/mol. The summed E-state index contributed by atoms with van der Waals surface area (Å²) in [6, 6.07) is 11.6. The number of hydrogen-bond acceptors (Lipinski definition) is 4. The molecule has 1 N–H and O–H groups in total. The third-order valence-corrected chi connectivity index (χ3v) is 4.69. The summed E-state index contributed by atoms with van der Waals surface area (Å²) in [5.74, 6) is 1.57. The molecule has 0 bridgehead atoms. The van der Waals surface area contributed by atoms with Crippen molar-refractivity contribution in [1.82, 2.24) is 10.2 Å². The Balaban J connectivity index is 1.59. The molecular weight excluding hydrogens is 328 g/mol. The van der Waals surface area contributed by atoms with Gasteiger partial charge in [-0.2, -0.15) is 0 Å². The lowest BCUT2D eigenvalue weighted by molar-refractivity contribution is -0.116. The van der Waals surface area contributed by atoms with Crippen molar-refractivity contribution in [3.8, 4) is 5.75 Å². The number of likely N-dealkylation sites (tertiary alicyclic amines) is 1. The molecule has 3 rings (SSSR count). The fourth-order valence-corrected chi connectivity index (χ4v) is 3.29. The molecule has 0 radical (unpaired) electrons. The molecule has 1 saturated heterocycles. The molecule has 5 nitrogen and oxygen atoms in total. The molecule has 1 aliphatic heterocycles. The Labute approximate surface area is 154 Å². The van der Waals surface area contributed by atoms with Crippen LogP contribution < -0.4 is 10.1 Å². The topological polar surface area (TPSA) is 54.7 Å². The molecule has 26 heavy (non-hydrogen) atoms. The van der Waals surface area contributed by atoms with Crippen LogP contribution in [0.4, 0.5) is 0 Å². The summed E-state index contributed by atoms with van der Waals surface area (Å²) in [5, 5.41) is 3.01. The van der Waals surface area contributed by atoms with Gasteiger partial charge < -0.3 is 14.5 Å². The zero-order valence-corrected chi connectivity index (χ0v) is 15.2. The number of benzene rings is 1. The molecule has 0 aliphatic carbocycles. The molecule has 1 fully saturated rings. The lowest BCUT2D eigenvalue weighted by Crippen LogP contribution is -2.40. The number of nitrogens with zero attached hydrogens (tertiary/aromatic N) is 1. The van der Waals surface area contributed by atoms with Crippen LogP contribution in [-0.4, -0.2) is 37.6 Å². The Bertz CT molecular complexity index is 719. The minimum absolute atomic E-state index is 0.0828. The average molecular weight is 354 g/mol. The number of rotatable bonds is 7. The maximum atomic E-state index is 12.2. The van der Waals surface area contributed by atoms with Gasteiger partial charge in [-0.1, -0.05) is 18.6 Å². The third kappa shape index (κ3) is 4.99. The Morgan fingerprint density at radius 2 is 2.12 bits per heavy atom. The van der Waals surface area contributed by atoms with Crippen LogP contribution in [0.2, 0.25) is 0 Å². The molecule has 1 aromatic heterocycles. The molecule has 1 aromatic carbocycles. The number of methoxy groups -OCH3 is 1. The van der Waals surface area contributed by atoms with Gasteiger partial charge in [-0.25, -0.2) is 0 Å². The van der Waals surface area contributed by atoms with E-state index in [0.29, 0.717) is 6.54 Å². The van der Waals surface area contributed by atoms with Crippen LogP contribution in [-0.2, 0) is 4.79 Å². The second-order valence-corrected chi connectivity index (χ2v) is 6.48. The summed E-state index contributed by atoms with van der Waals surface area (Å²) in [5.41, 5.74) is 0.929. The highest BCUT2D eigenvalue weighted by Crippen LogP contribution is 2.24. The molecule has 5 heteroatoms. The van der Waals surface area contributed by atoms with E-state index in [2.05, 4.69) is 10.2 Å². The fourth-order valence-electron chi connectivity index (χ4n) is 3.29. The van der Waals surface area contributed by atoms with Crippen LogP contribution >= 0.6 is 0 Å². The molecule has 1 aliphatic rings. The third-order valence-electron chi connectivity index (χ3n) is 4.69. The first kappa shape index (κ1) is 18.3. The minimum atomic E-state index is -0.110. The van der Waals surface area contributed by atoms with Gasteiger partial charge in [-0.3, -0.25) is 9.69 Å². The number of ether oxygens (including phenoxy) is 1. The standard InChI is InChI=1S/C21H26N2O3/c1-25-18-8-5-7-17(15-18)10-11-21(24)22-16-19(20-9-6-14-26-20)23-12-3-2-4-13-23/h5-11,14-15,19H,2-4,12-13,16H2,1H3,(H,22,24). The van der Waals surface area contributed by atoms with Crippen molar-refractivity contribution in [3.05, 3.63) is 60.1 Å². The lowest BCUT2D eigenvalue weighted by Gasteiger charge is -2.33. The van der Waals surface area contributed by atoms with Crippen molar-refractivity contribution < 1.29 is 13.9 Å². The van der Waals surface area contributed by atoms with Gasteiger partial charge in [0.15, 0.2) is 0 Å². The molecule has 1 unspecified atom stereocenters. The maximum absolute atomic E-state index is 12.2. The predicted octanol–water partition coefficient (Wildman–Crippen LogP) is 3.64. The van der Waals surface area contributed by atoms with Gasteiger partial charge in [0.1, 0.15) is 11.5 Å². The van der Waals surface area contributed by atoms with Gasteiger partial charge in [0.25, 0.3) is 0 Å². The summed E-state index contributed by atoms with van der Waals surface area (Å²) in [4.78, 5) is 14.6. The van der Waals surface area contributed by atoms with Gasteiger partial charge in [0, 0.05) is 12.6 Å². The van der Waals surface area contributed by atoms with Crippen molar-refractivity contribution in [2.24, 2.45) is 0 Å². The maximum Gasteiger partial charge on any atom is 0.244 e. The molecular formula is C21H26N2O3. The number of piperidine rings is 1. The van der Waals surface area contributed by atoms with E-state index < -0.39 is 0 Å². The SMILES string of the molecule is COc1cccc(C=CC(=O)NCC(c2ccco2)N2CCCCC2)c1. The summed E-state index contributed by atoms with van der Waals surface area (Å²) in [6.07, 6.45) is 8.71. The van der Waals surface area contributed by atoms with E-state index in [1.54, 1.807) is 25.5 Å². The molecule has 2 aromatic rings. The van der Waals surface area contributed by atoms with E-state index in [1.807, 2.05) is 36.4 Å². The number of carbonyl (C=O) groups is 1. The van der Waals surface area contributed by atoms with Gasteiger partial charge in [-0.15, -0.1) is 0 Å². The molecule has 2 heterocycles. The number of amides is 1. The van der Waals surface area contributed by atoms with Crippen molar-refractivity contribution in [2.45, 2.75) is 25.3 Å². The number of hydrogen-bond donors (Lipinski definition) is 1. The largest absolute Gasteiger partial charge is 0.497 e. The van der Waals surface area contributed by atoms with Crippen LogP contribution in [0.25, 0.3) is 6.08 Å². The number of furan rings is 1. The Morgan fingerprint density at radius 1 is 1.27 bits per heavy atom. The van der Waals surface area contributed by atoms with Gasteiger partial charge in [-0.05, 0) is 61.8 Å². The highest BCUT2D eigenvalue weighted by Gasteiger charge is 2.24. The normalized spacial score (nSPS) is 16.5. The van der Waals surface area contributed by atoms with Crippen LogP contribution in [0, 0.1) is 0 Å². The molecule has 0 spiro atoms. The molecule has 1 amide bonds. The van der Waals surface area contributed by atoms with Crippen LogP contribution in [0.5, 0.6) is 5.75 Å². The molecule has 0 saturated carbocycles. The summed E-state index contributed by atoms with van der Waals surface area (Å²) in [6.45, 7) is 2.62. The number of nitrogens with one attached hydrogen (secondary N) is 1. The Morgan fingerprint density at radius 3 is 2.85 bits per heavy atom. The van der Waals surface area contributed by atoms with Crippen molar-refractivity contribution in [3.63, 3.8) is 0 Å². The van der Waals surface area contributed by atoms with Crippen molar-refractivity contribution in [2.75, 3.05) is 26.7 Å².